The van der Waals surface area contributed by atoms with Crippen molar-refractivity contribution in [1.82, 2.24) is 4.98 Å². The summed E-state index contributed by atoms with van der Waals surface area (Å²) in [6.07, 6.45) is 2.26. The lowest BCUT2D eigenvalue weighted by Crippen LogP contribution is -2.29. The molecule has 1 aromatic carbocycles. The molecular formula is C13H13BFNO3. The third kappa shape index (κ3) is 3.30. The van der Waals surface area contributed by atoms with Crippen LogP contribution in [0.5, 0.6) is 11.6 Å². The normalized spacial score (nSPS) is 10.3. The van der Waals surface area contributed by atoms with Crippen LogP contribution < -0.4 is 10.2 Å². The molecule has 19 heavy (non-hydrogen) atoms. The molecule has 2 N–H and O–H groups in total. The maximum Gasteiger partial charge on any atom is 0.488 e. The van der Waals surface area contributed by atoms with E-state index in [4.69, 9.17) is 14.8 Å². The third-order valence-electron chi connectivity index (χ3n) is 2.67. The highest BCUT2D eigenvalue weighted by Gasteiger charge is 2.11. The van der Waals surface area contributed by atoms with Crippen LogP contribution in [-0.2, 0) is 6.42 Å². The molecule has 0 aliphatic heterocycles. The second-order valence-corrected chi connectivity index (χ2v) is 4.03. The fourth-order valence-electron chi connectivity index (χ4n) is 1.55. The van der Waals surface area contributed by atoms with Crippen LogP contribution in [0, 0.1) is 5.82 Å². The molecule has 1 heterocycles. The van der Waals surface area contributed by atoms with Crippen molar-refractivity contribution in [3.05, 3.63) is 47.9 Å². The molecule has 0 spiro atoms. The van der Waals surface area contributed by atoms with E-state index in [-0.39, 0.29) is 5.88 Å². The lowest BCUT2D eigenvalue weighted by atomic mass is 9.80. The van der Waals surface area contributed by atoms with E-state index in [1.54, 1.807) is 6.20 Å². The first-order valence-corrected chi connectivity index (χ1v) is 5.88. The predicted octanol–water partition coefficient (Wildman–Crippen LogP) is 1.26. The van der Waals surface area contributed by atoms with Gasteiger partial charge in [0.1, 0.15) is 5.75 Å². The average molecular weight is 261 g/mol. The molecule has 0 amide bonds. The molecule has 0 atom stereocenters. The van der Waals surface area contributed by atoms with E-state index >= 15 is 0 Å². The molecule has 2 rings (SSSR count). The number of ether oxygens (including phenoxy) is 1. The first kappa shape index (κ1) is 13.5. The maximum atomic E-state index is 13.7. The van der Waals surface area contributed by atoms with E-state index in [1.165, 1.54) is 30.3 Å². The zero-order chi connectivity index (χ0) is 13.8. The van der Waals surface area contributed by atoms with Gasteiger partial charge in [-0.25, -0.2) is 9.37 Å². The van der Waals surface area contributed by atoms with Gasteiger partial charge in [0, 0.05) is 6.20 Å². The van der Waals surface area contributed by atoms with Crippen LogP contribution in [0.25, 0.3) is 0 Å². The zero-order valence-corrected chi connectivity index (χ0v) is 10.4. The molecule has 0 aliphatic rings. The van der Waals surface area contributed by atoms with Crippen molar-refractivity contribution in [2.45, 2.75) is 13.3 Å². The minimum Gasteiger partial charge on any atom is -0.436 e. The summed E-state index contributed by atoms with van der Waals surface area (Å²) < 4.78 is 19.0. The van der Waals surface area contributed by atoms with Gasteiger partial charge in [-0.05, 0) is 35.6 Å². The molecule has 6 heteroatoms. The van der Waals surface area contributed by atoms with E-state index < -0.39 is 12.9 Å². The van der Waals surface area contributed by atoms with Gasteiger partial charge in [0.2, 0.25) is 0 Å². The Bertz CT molecular complexity index is 560. The minimum absolute atomic E-state index is 0.102. The molecule has 0 radical (unpaired) electrons. The van der Waals surface area contributed by atoms with E-state index in [0.29, 0.717) is 17.6 Å². The van der Waals surface area contributed by atoms with Crippen LogP contribution in [0.4, 0.5) is 4.39 Å². The topological polar surface area (TPSA) is 62.6 Å². The summed E-state index contributed by atoms with van der Waals surface area (Å²) >= 11 is 0. The van der Waals surface area contributed by atoms with Gasteiger partial charge in [0.25, 0.3) is 5.88 Å². The number of aromatic nitrogens is 1. The van der Waals surface area contributed by atoms with E-state index in [0.717, 1.165) is 5.56 Å². The number of nitrogens with zero attached hydrogens (tertiary/aromatic N) is 1. The van der Waals surface area contributed by atoms with Crippen LogP contribution >= 0.6 is 0 Å². The SMILES string of the molecule is CCc1cnc(Oc2ccc(B(O)O)cc2)c(F)c1. The number of benzene rings is 1. The largest absolute Gasteiger partial charge is 0.488 e. The van der Waals surface area contributed by atoms with Crippen LogP contribution in [0.3, 0.4) is 0 Å². The smallest absolute Gasteiger partial charge is 0.436 e. The number of halogens is 1. The van der Waals surface area contributed by atoms with Gasteiger partial charge < -0.3 is 14.8 Å². The highest BCUT2D eigenvalue weighted by atomic mass is 19.1. The highest BCUT2D eigenvalue weighted by Crippen LogP contribution is 2.22. The summed E-state index contributed by atoms with van der Waals surface area (Å²) in [6.45, 7) is 1.91. The molecule has 4 nitrogen and oxygen atoms in total. The van der Waals surface area contributed by atoms with Crippen molar-refractivity contribution in [3.63, 3.8) is 0 Å². The minimum atomic E-state index is -1.53. The standard InChI is InChI=1S/C13H13BFNO3/c1-2-9-7-12(15)13(16-8-9)19-11-5-3-10(4-6-11)14(17)18/h3-8,17-18H,2H2,1H3. The van der Waals surface area contributed by atoms with Gasteiger partial charge in [-0.2, -0.15) is 0 Å². The summed E-state index contributed by atoms with van der Waals surface area (Å²) in [5.74, 6) is -0.250. The molecule has 0 fully saturated rings. The van der Waals surface area contributed by atoms with Crippen molar-refractivity contribution < 1.29 is 19.2 Å². The molecule has 0 saturated heterocycles. The van der Waals surface area contributed by atoms with Crippen molar-refractivity contribution >= 4 is 12.6 Å². The Morgan fingerprint density at radius 3 is 2.47 bits per heavy atom. The van der Waals surface area contributed by atoms with Gasteiger partial charge in [-0.1, -0.05) is 19.1 Å². The molecule has 2 aromatic rings. The van der Waals surface area contributed by atoms with E-state index in [9.17, 15) is 4.39 Å². The molecular weight excluding hydrogens is 248 g/mol. The lowest BCUT2D eigenvalue weighted by Gasteiger charge is -2.07. The quantitative estimate of drug-likeness (QED) is 0.813. The lowest BCUT2D eigenvalue weighted by molar-refractivity contribution is 0.420. The van der Waals surface area contributed by atoms with Crippen LogP contribution in [-0.4, -0.2) is 22.2 Å². The molecule has 0 saturated carbocycles. The van der Waals surface area contributed by atoms with Gasteiger partial charge in [0.15, 0.2) is 5.82 Å². The van der Waals surface area contributed by atoms with E-state index in [2.05, 4.69) is 4.98 Å². The Hall–Kier alpha value is -1.92. The average Bonchev–Trinajstić information content (AvgIpc) is 2.41. The van der Waals surface area contributed by atoms with Gasteiger partial charge >= 0.3 is 7.12 Å². The Balaban J connectivity index is 2.16. The summed E-state index contributed by atoms with van der Waals surface area (Å²) in [5.41, 5.74) is 1.13. The molecule has 98 valence electrons. The number of hydrogen-bond donors (Lipinski definition) is 2. The van der Waals surface area contributed by atoms with Crippen molar-refractivity contribution in [3.8, 4) is 11.6 Å². The maximum absolute atomic E-state index is 13.7. The van der Waals surface area contributed by atoms with Crippen molar-refractivity contribution in [1.29, 1.82) is 0 Å². The first-order valence-electron chi connectivity index (χ1n) is 5.88. The highest BCUT2D eigenvalue weighted by molar-refractivity contribution is 6.58. The Labute approximate surface area is 110 Å². The Kier molecular flexibility index (Phi) is 4.14. The predicted molar refractivity (Wildman–Crippen MR) is 69.9 cm³/mol. The second kappa shape index (κ2) is 5.82. The number of pyridine rings is 1. The van der Waals surface area contributed by atoms with Gasteiger partial charge in [0.05, 0.1) is 0 Å². The van der Waals surface area contributed by atoms with Crippen LogP contribution in [0.2, 0.25) is 0 Å². The van der Waals surface area contributed by atoms with Crippen molar-refractivity contribution in [2.24, 2.45) is 0 Å². The zero-order valence-electron chi connectivity index (χ0n) is 10.4. The summed E-state index contributed by atoms with van der Waals surface area (Å²) in [4.78, 5) is 3.91. The number of hydrogen-bond acceptors (Lipinski definition) is 4. The molecule has 0 aliphatic carbocycles. The monoisotopic (exact) mass is 261 g/mol. The number of rotatable bonds is 4. The van der Waals surface area contributed by atoms with Gasteiger partial charge in [-0.3, -0.25) is 0 Å². The van der Waals surface area contributed by atoms with Crippen molar-refractivity contribution in [2.75, 3.05) is 0 Å². The molecule has 0 bridgehead atoms. The van der Waals surface area contributed by atoms with Gasteiger partial charge in [-0.15, -0.1) is 0 Å². The fourth-order valence-corrected chi connectivity index (χ4v) is 1.55. The summed E-state index contributed by atoms with van der Waals surface area (Å²) in [5, 5.41) is 17.9. The summed E-state index contributed by atoms with van der Waals surface area (Å²) in [6, 6.07) is 7.39. The van der Waals surface area contributed by atoms with Crippen LogP contribution in [0.15, 0.2) is 36.5 Å². The second-order valence-electron chi connectivity index (χ2n) is 4.03. The third-order valence-corrected chi connectivity index (χ3v) is 2.67. The Morgan fingerprint density at radius 1 is 1.26 bits per heavy atom. The molecule has 0 unspecified atom stereocenters. The fraction of sp³-hybridized carbons (Fsp3) is 0.154. The Morgan fingerprint density at radius 2 is 1.95 bits per heavy atom. The van der Waals surface area contributed by atoms with E-state index in [1.807, 2.05) is 6.92 Å². The summed E-state index contributed by atoms with van der Waals surface area (Å²) in [7, 11) is -1.53. The number of aryl methyl sites for hydroxylation is 1. The molecule has 1 aromatic heterocycles. The van der Waals surface area contributed by atoms with Crippen LogP contribution in [0.1, 0.15) is 12.5 Å². The first-order chi connectivity index (χ1) is 9.10.